The maximum atomic E-state index is 13.8. The molecule has 0 aliphatic rings. The van der Waals surface area contributed by atoms with Gasteiger partial charge in [0, 0.05) is 22.6 Å². The maximum absolute atomic E-state index is 13.8. The number of fused-ring (bicyclic) bond motifs is 2. The van der Waals surface area contributed by atoms with Crippen molar-refractivity contribution in [1.82, 2.24) is 19.9 Å². The van der Waals surface area contributed by atoms with Crippen LogP contribution >= 0.6 is 0 Å². The van der Waals surface area contributed by atoms with E-state index in [2.05, 4.69) is 15.2 Å². The van der Waals surface area contributed by atoms with Gasteiger partial charge in [0.25, 0.3) is 6.43 Å². The monoisotopic (exact) mass is 374 g/mol. The molecule has 27 heavy (non-hydrogen) atoms. The Morgan fingerprint density at radius 2 is 2.30 bits per heavy atom. The van der Waals surface area contributed by atoms with E-state index in [4.69, 9.17) is 4.74 Å². The average molecular weight is 374 g/mol. The summed E-state index contributed by atoms with van der Waals surface area (Å²) in [6.45, 7) is -0.500. The molecule has 10 heteroatoms. The number of ether oxygens (including phenoxy) is 1. The molecular formula is C17H14F2N5O3+. The van der Waals surface area contributed by atoms with Gasteiger partial charge in [-0.15, -0.1) is 4.52 Å². The number of rotatable bonds is 4. The topological polar surface area (TPSA) is 97.1 Å². The zero-order valence-electron chi connectivity index (χ0n) is 14.1. The largest absolute Gasteiger partial charge is 0.465 e. The summed E-state index contributed by atoms with van der Waals surface area (Å²) in [6, 6.07) is 2.88. The van der Waals surface area contributed by atoms with E-state index in [1.165, 1.54) is 41.0 Å². The maximum Gasteiger partial charge on any atom is 0.363 e. The highest BCUT2D eigenvalue weighted by Gasteiger charge is 2.29. The van der Waals surface area contributed by atoms with E-state index < -0.39 is 19.0 Å². The Hall–Kier alpha value is -3.40. The predicted octanol–water partition coefficient (Wildman–Crippen LogP) is 1.70. The molecule has 0 saturated heterocycles. The van der Waals surface area contributed by atoms with Gasteiger partial charge in [0.05, 0.1) is 37.3 Å². The lowest BCUT2D eigenvalue weighted by Gasteiger charge is -2.14. The number of halogens is 2. The van der Waals surface area contributed by atoms with Crippen molar-refractivity contribution >= 4 is 22.5 Å². The summed E-state index contributed by atoms with van der Waals surface area (Å²) in [5.74, 6) is -0.654. The number of H-pyrrole nitrogens is 1. The molecule has 0 amide bonds. The van der Waals surface area contributed by atoms with Crippen molar-refractivity contribution in [2.75, 3.05) is 7.11 Å². The van der Waals surface area contributed by atoms with Crippen LogP contribution in [0.2, 0.25) is 0 Å². The zero-order chi connectivity index (χ0) is 19.1. The second-order valence-corrected chi connectivity index (χ2v) is 5.75. The predicted molar refractivity (Wildman–Crippen MR) is 88.6 cm³/mol. The molecule has 0 aliphatic heterocycles. The first kappa shape index (κ1) is 17.0. The van der Waals surface area contributed by atoms with E-state index in [9.17, 15) is 18.7 Å². The first-order valence-corrected chi connectivity index (χ1v) is 7.91. The minimum Gasteiger partial charge on any atom is -0.465 e. The molecule has 0 aliphatic carbocycles. The molecule has 0 atom stereocenters. The fourth-order valence-corrected chi connectivity index (χ4v) is 3.17. The molecule has 4 rings (SSSR count). The van der Waals surface area contributed by atoms with Crippen molar-refractivity contribution in [1.29, 1.82) is 0 Å². The van der Waals surface area contributed by atoms with Gasteiger partial charge in [0.15, 0.2) is 5.56 Å². The lowest BCUT2D eigenvalue weighted by Crippen LogP contribution is -2.33. The Bertz CT molecular complexity index is 1170. The Morgan fingerprint density at radius 1 is 1.48 bits per heavy atom. The third-order valence-electron chi connectivity index (χ3n) is 4.33. The van der Waals surface area contributed by atoms with Gasteiger partial charge in [-0.25, -0.2) is 13.6 Å². The summed E-state index contributed by atoms with van der Waals surface area (Å²) in [4.78, 5) is 16.3. The van der Waals surface area contributed by atoms with Crippen LogP contribution < -0.4 is 4.52 Å². The highest BCUT2D eigenvalue weighted by molar-refractivity contribution is 5.94. The standard InChI is InChI=1S/C17H14F2N5O3/c1-27-17(26)11-7-24(23-4-2-3-20-16(11)23)14-9(15(18)19)5-13-10(6-21-22-13)12(14)8-25/h2-7,15,25H,8H2,1H3,(H,21,22)/q+1. The van der Waals surface area contributed by atoms with Gasteiger partial charge in [-0.2, -0.15) is 9.78 Å². The lowest BCUT2D eigenvalue weighted by atomic mass is 10.0. The van der Waals surface area contributed by atoms with Crippen molar-refractivity contribution in [3.8, 4) is 5.69 Å². The second-order valence-electron chi connectivity index (χ2n) is 5.75. The van der Waals surface area contributed by atoms with Gasteiger partial charge < -0.3 is 9.84 Å². The van der Waals surface area contributed by atoms with E-state index in [0.29, 0.717) is 10.9 Å². The fraction of sp³-hybridized carbons (Fsp3) is 0.176. The summed E-state index contributed by atoms with van der Waals surface area (Å²) in [7, 11) is 1.22. The van der Waals surface area contributed by atoms with Crippen molar-refractivity contribution in [2.45, 2.75) is 13.0 Å². The van der Waals surface area contributed by atoms with Gasteiger partial charge in [-0.05, 0) is 11.1 Å². The highest BCUT2D eigenvalue weighted by atomic mass is 19.3. The fourth-order valence-electron chi connectivity index (χ4n) is 3.17. The van der Waals surface area contributed by atoms with Gasteiger partial charge in [-0.3, -0.25) is 5.10 Å². The normalized spacial score (nSPS) is 11.6. The van der Waals surface area contributed by atoms with Crippen molar-refractivity contribution in [3.63, 3.8) is 0 Å². The molecule has 8 nitrogen and oxygen atoms in total. The number of methoxy groups -OCH3 is 1. The molecule has 0 unspecified atom stereocenters. The highest BCUT2D eigenvalue weighted by Crippen LogP contribution is 2.34. The third-order valence-corrected chi connectivity index (χ3v) is 4.33. The number of aliphatic hydroxyl groups is 1. The van der Waals surface area contributed by atoms with E-state index in [0.717, 1.165) is 0 Å². The number of hydrogen-bond donors (Lipinski definition) is 2. The number of carbonyl (C=O) groups excluding carboxylic acids is 1. The van der Waals surface area contributed by atoms with Gasteiger partial charge in [-0.1, -0.05) is 0 Å². The number of aromatic nitrogens is 5. The molecule has 4 aromatic rings. The summed E-state index contributed by atoms with van der Waals surface area (Å²) in [5, 5.41) is 16.9. The summed E-state index contributed by atoms with van der Waals surface area (Å²) in [6.07, 6.45) is 3.04. The number of benzene rings is 1. The number of aromatic amines is 1. The molecule has 2 N–H and O–H groups in total. The minimum atomic E-state index is -2.82. The Morgan fingerprint density at radius 3 is 3.00 bits per heavy atom. The van der Waals surface area contributed by atoms with Crippen molar-refractivity contribution in [3.05, 3.63) is 53.6 Å². The summed E-state index contributed by atoms with van der Waals surface area (Å²) < 4.78 is 35.3. The first-order chi connectivity index (χ1) is 13.1. The average Bonchev–Trinajstić information content (AvgIpc) is 3.30. The Balaban J connectivity index is 2.14. The quantitative estimate of drug-likeness (QED) is 0.419. The number of aliphatic hydroxyl groups excluding tert-OH is 1. The smallest absolute Gasteiger partial charge is 0.363 e. The van der Waals surface area contributed by atoms with Crippen molar-refractivity contribution in [2.24, 2.45) is 0 Å². The van der Waals surface area contributed by atoms with Crippen LogP contribution in [-0.4, -0.2) is 38.0 Å². The number of nitrogens with zero attached hydrogens (tertiary/aromatic N) is 4. The molecule has 3 aromatic heterocycles. The van der Waals surface area contributed by atoms with Crippen LogP contribution in [0.5, 0.6) is 0 Å². The summed E-state index contributed by atoms with van der Waals surface area (Å²) >= 11 is 0. The summed E-state index contributed by atoms with van der Waals surface area (Å²) in [5.41, 5.74) is 0.711. The zero-order valence-corrected chi connectivity index (χ0v) is 14.1. The molecule has 3 heterocycles. The SMILES string of the molecule is COC(=O)c1cn(-c2c(C(F)F)cc3[nH]ncc3c2CO)[n+]2cccnc12. The number of nitrogens with one attached hydrogen (secondary N) is 1. The molecule has 0 fully saturated rings. The number of esters is 1. The molecule has 0 saturated carbocycles. The van der Waals surface area contributed by atoms with E-state index >= 15 is 0 Å². The lowest BCUT2D eigenvalue weighted by molar-refractivity contribution is -0.600. The van der Waals surface area contributed by atoms with Crippen LogP contribution in [0.3, 0.4) is 0 Å². The van der Waals surface area contributed by atoms with Crippen LogP contribution in [0, 0.1) is 0 Å². The molecule has 138 valence electrons. The van der Waals surface area contributed by atoms with Crippen LogP contribution in [0.25, 0.3) is 22.2 Å². The van der Waals surface area contributed by atoms with Gasteiger partial charge in [0.2, 0.25) is 0 Å². The number of hydrogen-bond acceptors (Lipinski definition) is 5. The van der Waals surface area contributed by atoms with Gasteiger partial charge >= 0.3 is 11.6 Å². The number of carbonyl (C=O) groups is 1. The molecule has 0 bridgehead atoms. The Kier molecular flexibility index (Phi) is 4.04. The second kappa shape index (κ2) is 6.40. The van der Waals surface area contributed by atoms with E-state index in [1.54, 1.807) is 12.3 Å². The Labute approximate surface area is 150 Å². The van der Waals surface area contributed by atoms with Crippen LogP contribution in [-0.2, 0) is 11.3 Å². The van der Waals surface area contributed by atoms with Crippen LogP contribution in [0.15, 0.2) is 36.9 Å². The van der Waals surface area contributed by atoms with Crippen LogP contribution in [0.1, 0.15) is 27.9 Å². The van der Waals surface area contributed by atoms with Crippen LogP contribution in [0.4, 0.5) is 8.78 Å². The first-order valence-electron chi connectivity index (χ1n) is 7.91. The number of alkyl halides is 2. The molecule has 0 radical (unpaired) electrons. The van der Waals surface area contributed by atoms with E-state index in [1.807, 2.05) is 0 Å². The minimum absolute atomic E-state index is 0.0551. The van der Waals surface area contributed by atoms with Gasteiger partial charge in [0.1, 0.15) is 12.4 Å². The van der Waals surface area contributed by atoms with E-state index in [-0.39, 0.29) is 28.0 Å². The molecule has 0 spiro atoms. The molecule has 1 aromatic carbocycles. The molecular weight excluding hydrogens is 360 g/mol. The van der Waals surface area contributed by atoms with Crippen molar-refractivity contribution < 1.29 is 27.9 Å². The third kappa shape index (κ3) is 2.53.